The lowest BCUT2D eigenvalue weighted by molar-refractivity contribution is -0.385. The molecule has 0 aliphatic rings. The van der Waals surface area contributed by atoms with Gasteiger partial charge >= 0.3 is 11.3 Å². The second kappa shape index (κ2) is 6.87. The summed E-state index contributed by atoms with van der Waals surface area (Å²) in [7, 11) is 0. The number of nitro groups is 1. The third-order valence-corrected chi connectivity index (χ3v) is 4.44. The fourth-order valence-corrected chi connectivity index (χ4v) is 2.86. The van der Waals surface area contributed by atoms with Crippen LogP contribution in [0.3, 0.4) is 0 Å². The third-order valence-electron chi connectivity index (χ3n) is 4.44. The van der Waals surface area contributed by atoms with Gasteiger partial charge in [0, 0.05) is 23.6 Å². The van der Waals surface area contributed by atoms with Gasteiger partial charge in [-0.25, -0.2) is 4.79 Å². The summed E-state index contributed by atoms with van der Waals surface area (Å²) in [5, 5.41) is 12.0. The first kappa shape index (κ1) is 18.6. The van der Waals surface area contributed by atoms with E-state index in [0.717, 1.165) is 5.56 Å². The molecule has 2 aromatic carbocycles. The highest BCUT2D eigenvalue weighted by Gasteiger charge is 2.19. The number of rotatable bonds is 4. The van der Waals surface area contributed by atoms with E-state index in [2.05, 4.69) is 20.8 Å². The zero-order valence-electron chi connectivity index (χ0n) is 15.7. The van der Waals surface area contributed by atoms with Crippen molar-refractivity contribution in [1.82, 2.24) is 0 Å². The molecule has 1 aromatic heterocycles. The molecule has 0 spiro atoms. The van der Waals surface area contributed by atoms with Crippen LogP contribution in [0, 0.1) is 17.0 Å². The Morgan fingerprint density at radius 2 is 1.78 bits per heavy atom. The zero-order chi connectivity index (χ0) is 19.8. The standard InChI is InChI=1S/C21H21NO5/c1-13-9-20(23)27-18-11-19(17(22(24)25)10-16(13)18)26-12-14-5-7-15(8-6-14)21(2,3)4/h5-11H,12H2,1-4H3. The van der Waals surface area contributed by atoms with Crippen molar-refractivity contribution in [3.05, 3.63) is 79.7 Å². The molecule has 0 amide bonds. The molecule has 0 saturated carbocycles. The highest BCUT2D eigenvalue weighted by atomic mass is 16.6. The molecule has 1 heterocycles. The van der Waals surface area contributed by atoms with E-state index < -0.39 is 10.5 Å². The van der Waals surface area contributed by atoms with Crippen molar-refractivity contribution in [1.29, 1.82) is 0 Å². The maximum atomic E-state index is 11.6. The maximum absolute atomic E-state index is 11.6. The lowest BCUT2D eigenvalue weighted by Gasteiger charge is -2.19. The smallest absolute Gasteiger partial charge is 0.336 e. The predicted octanol–water partition coefficient (Wildman–Crippen LogP) is 4.89. The van der Waals surface area contributed by atoms with E-state index in [0.29, 0.717) is 10.9 Å². The molecule has 0 radical (unpaired) electrons. The number of aryl methyl sites for hydroxylation is 1. The Morgan fingerprint density at radius 3 is 2.37 bits per heavy atom. The first-order valence-electron chi connectivity index (χ1n) is 8.60. The van der Waals surface area contributed by atoms with Crippen molar-refractivity contribution in [3.63, 3.8) is 0 Å². The van der Waals surface area contributed by atoms with Gasteiger partial charge < -0.3 is 9.15 Å². The van der Waals surface area contributed by atoms with Gasteiger partial charge in [-0.3, -0.25) is 10.1 Å². The van der Waals surface area contributed by atoms with Crippen LogP contribution in [0.1, 0.15) is 37.5 Å². The molecule has 6 heteroatoms. The van der Waals surface area contributed by atoms with Crippen LogP contribution in [0.2, 0.25) is 0 Å². The number of nitrogens with zero attached hydrogens (tertiary/aromatic N) is 1. The molecule has 27 heavy (non-hydrogen) atoms. The molecule has 3 rings (SSSR count). The largest absolute Gasteiger partial charge is 0.482 e. The highest BCUT2D eigenvalue weighted by molar-refractivity contribution is 5.85. The molecule has 0 saturated heterocycles. The van der Waals surface area contributed by atoms with Crippen LogP contribution in [0.4, 0.5) is 5.69 Å². The lowest BCUT2D eigenvalue weighted by atomic mass is 9.87. The molecule has 3 aromatic rings. The number of hydrogen-bond acceptors (Lipinski definition) is 5. The van der Waals surface area contributed by atoms with E-state index in [1.165, 1.54) is 23.8 Å². The summed E-state index contributed by atoms with van der Waals surface area (Å²) in [6.45, 7) is 8.28. The van der Waals surface area contributed by atoms with E-state index in [1.807, 2.05) is 24.3 Å². The van der Waals surface area contributed by atoms with Crippen LogP contribution in [0.5, 0.6) is 5.75 Å². The van der Waals surface area contributed by atoms with Crippen LogP contribution in [0.15, 0.2) is 51.7 Å². The van der Waals surface area contributed by atoms with Crippen LogP contribution in [0.25, 0.3) is 11.0 Å². The minimum absolute atomic E-state index is 0.0475. The van der Waals surface area contributed by atoms with Gasteiger partial charge in [-0.2, -0.15) is 0 Å². The molecular weight excluding hydrogens is 346 g/mol. The van der Waals surface area contributed by atoms with E-state index in [1.54, 1.807) is 6.92 Å². The van der Waals surface area contributed by atoms with Gasteiger partial charge in [-0.1, -0.05) is 45.0 Å². The molecule has 0 unspecified atom stereocenters. The molecular formula is C21H21NO5. The van der Waals surface area contributed by atoms with Gasteiger partial charge in [0.25, 0.3) is 0 Å². The van der Waals surface area contributed by atoms with Gasteiger partial charge in [-0.15, -0.1) is 0 Å². The Balaban J connectivity index is 1.93. The Bertz CT molecular complexity index is 1060. The van der Waals surface area contributed by atoms with E-state index in [4.69, 9.17) is 9.15 Å². The molecule has 0 bridgehead atoms. The van der Waals surface area contributed by atoms with Gasteiger partial charge in [-0.05, 0) is 29.0 Å². The summed E-state index contributed by atoms with van der Waals surface area (Å²) in [5.41, 5.74) is 2.36. The SMILES string of the molecule is Cc1cc(=O)oc2cc(OCc3ccc(C(C)(C)C)cc3)c([N+](=O)[O-])cc12. The average Bonchev–Trinajstić information content (AvgIpc) is 2.58. The summed E-state index contributed by atoms with van der Waals surface area (Å²) in [6.07, 6.45) is 0. The monoisotopic (exact) mass is 367 g/mol. The summed E-state index contributed by atoms with van der Waals surface area (Å²) < 4.78 is 10.9. The Labute approximate surface area is 156 Å². The zero-order valence-corrected chi connectivity index (χ0v) is 15.7. The second-order valence-corrected chi connectivity index (χ2v) is 7.56. The quantitative estimate of drug-likeness (QED) is 0.373. The topological polar surface area (TPSA) is 82.6 Å². The lowest BCUT2D eigenvalue weighted by Crippen LogP contribution is -2.10. The van der Waals surface area contributed by atoms with Crippen molar-refractivity contribution in [2.24, 2.45) is 0 Å². The van der Waals surface area contributed by atoms with Crippen molar-refractivity contribution in [2.45, 2.75) is 39.7 Å². The van der Waals surface area contributed by atoms with Crippen LogP contribution >= 0.6 is 0 Å². The first-order valence-corrected chi connectivity index (χ1v) is 8.60. The highest BCUT2D eigenvalue weighted by Crippen LogP contribution is 2.33. The van der Waals surface area contributed by atoms with E-state index in [-0.39, 0.29) is 29.0 Å². The molecule has 140 valence electrons. The maximum Gasteiger partial charge on any atom is 0.336 e. The fourth-order valence-electron chi connectivity index (χ4n) is 2.86. The van der Waals surface area contributed by atoms with Crippen molar-refractivity contribution in [3.8, 4) is 5.75 Å². The molecule has 0 fully saturated rings. The predicted molar refractivity (Wildman–Crippen MR) is 103 cm³/mol. The Hall–Kier alpha value is -3.15. The summed E-state index contributed by atoms with van der Waals surface area (Å²) in [5.74, 6) is 0.0705. The molecule has 0 aliphatic carbocycles. The minimum Gasteiger partial charge on any atom is -0.482 e. The summed E-state index contributed by atoms with van der Waals surface area (Å²) in [6, 6.07) is 12.0. The normalized spacial score (nSPS) is 11.6. The van der Waals surface area contributed by atoms with E-state index >= 15 is 0 Å². The minimum atomic E-state index is -0.502. The van der Waals surface area contributed by atoms with Crippen LogP contribution < -0.4 is 10.4 Å². The average molecular weight is 367 g/mol. The number of benzene rings is 2. The van der Waals surface area contributed by atoms with Gasteiger partial charge in [0.05, 0.1) is 4.92 Å². The van der Waals surface area contributed by atoms with Gasteiger partial charge in [0.15, 0.2) is 0 Å². The van der Waals surface area contributed by atoms with Crippen molar-refractivity contribution in [2.75, 3.05) is 0 Å². The fraction of sp³-hybridized carbons (Fsp3) is 0.286. The van der Waals surface area contributed by atoms with Crippen molar-refractivity contribution < 1.29 is 14.1 Å². The number of ether oxygens (including phenoxy) is 1. The molecule has 0 N–H and O–H groups in total. The molecule has 0 aliphatic heterocycles. The van der Waals surface area contributed by atoms with Crippen molar-refractivity contribution >= 4 is 16.7 Å². The number of hydrogen-bond donors (Lipinski definition) is 0. The molecule has 0 atom stereocenters. The molecule has 6 nitrogen and oxygen atoms in total. The van der Waals surface area contributed by atoms with E-state index in [9.17, 15) is 14.9 Å². The second-order valence-electron chi connectivity index (χ2n) is 7.56. The third kappa shape index (κ3) is 4.00. The van der Waals surface area contributed by atoms with Gasteiger partial charge in [0.2, 0.25) is 5.75 Å². The summed E-state index contributed by atoms with van der Waals surface area (Å²) in [4.78, 5) is 22.5. The number of nitro benzene ring substituents is 1. The van der Waals surface area contributed by atoms with Crippen LogP contribution in [-0.4, -0.2) is 4.92 Å². The first-order chi connectivity index (χ1) is 12.6. The van der Waals surface area contributed by atoms with Crippen LogP contribution in [-0.2, 0) is 12.0 Å². The Morgan fingerprint density at radius 1 is 1.11 bits per heavy atom. The van der Waals surface area contributed by atoms with Gasteiger partial charge in [0.1, 0.15) is 12.2 Å². The number of fused-ring (bicyclic) bond motifs is 1. The Kier molecular flexibility index (Phi) is 4.74. The summed E-state index contributed by atoms with van der Waals surface area (Å²) >= 11 is 0.